The van der Waals surface area contributed by atoms with Crippen molar-refractivity contribution in [1.82, 2.24) is 10.2 Å². The number of piperidine rings is 1. The number of benzene rings is 2. The van der Waals surface area contributed by atoms with E-state index in [-0.39, 0.29) is 44.6 Å². The monoisotopic (exact) mass is 426 g/mol. The van der Waals surface area contributed by atoms with Crippen molar-refractivity contribution in [3.05, 3.63) is 71.3 Å². The molecule has 1 saturated heterocycles. The third-order valence-corrected chi connectivity index (χ3v) is 6.22. The number of nitrogens with zero attached hydrogens (tertiary/aromatic N) is 1. The smallest absolute Gasteiger partial charge is 0.410 e. The van der Waals surface area contributed by atoms with Gasteiger partial charge < -0.3 is 20.1 Å². The van der Waals surface area contributed by atoms with Gasteiger partial charge >= 0.3 is 12.1 Å². The zero-order valence-corrected chi connectivity index (χ0v) is 17.3. The van der Waals surface area contributed by atoms with E-state index in [1.807, 2.05) is 18.2 Å². The molecular formula is C24H27FN2O4. The minimum atomic E-state index is -1.34. The van der Waals surface area contributed by atoms with Gasteiger partial charge in [-0.2, -0.15) is 0 Å². The highest BCUT2D eigenvalue weighted by atomic mass is 19.1. The van der Waals surface area contributed by atoms with Crippen LogP contribution in [0.25, 0.3) is 0 Å². The lowest BCUT2D eigenvalue weighted by atomic mass is 9.93. The van der Waals surface area contributed by atoms with Crippen LogP contribution >= 0.6 is 0 Å². The van der Waals surface area contributed by atoms with Crippen LogP contribution in [0.15, 0.2) is 54.6 Å². The van der Waals surface area contributed by atoms with Gasteiger partial charge in [0.2, 0.25) is 0 Å². The third kappa shape index (κ3) is 5.22. The Kier molecular flexibility index (Phi) is 6.23. The molecule has 31 heavy (non-hydrogen) atoms. The Morgan fingerprint density at radius 2 is 1.77 bits per heavy atom. The summed E-state index contributed by atoms with van der Waals surface area (Å²) in [5, 5.41) is 12.6. The maximum Gasteiger partial charge on any atom is 0.410 e. The number of carboxylic acids is 1. The number of rotatable bonds is 7. The second kappa shape index (κ2) is 9.06. The van der Waals surface area contributed by atoms with E-state index in [2.05, 4.69) is 17.4 Å². The number of halogens is 1. The van der Waals surface area contributed by atoms with Gasteiger partial charge in [-0.3, -0.25) is 0 Å². The van der Waals surface area contributed by atoms with Crippen molar-refractivity contribution in [2.45, 2.75) is 43.5 Å². The van der Waals surface area contributed by atoms with E-state index in [1.165, 1.54) is 16.5 Å². The van der Waals surface area contributed by atoms with Crippen molar-refractivity contribution < 1.29 is 23.8 Å². The molecule has 2 aromatic carbocycles. The number of aromatic carboxylic acids is 1. The van der Waals surface area contributed by atoms with E-state index in [4.69, 9.17) is 4.74 Å². The van der Waals surface area contributed by atoms with Crippen LogP contribution in [0.3, 0.4) is 0 Å². The summed E-state index contributed by atoms with van der Waals surface area (Å²) in [5.41, 5.74) is 0.490. The zero-order valence-electron chi connectivity index (χ0n) is 17.3. The van der Waals surface area contributed by atoms with Crippen LogP contribution in [-0.4, -0.2) is 53.4 Å². The molecule has 1 saturated carbocycles. The number of carbonyl (C=O) groups excluding carboxylic acids is 1. The molecule has 0 bridgehead atoms. The number of nitrogens with one attached hydrogen (secondary N) is 1. The second-order valence-electron chi connectivity index (χ2n) is 8.40. The molecule has 6 nitrogen and oxygen atoms in total. The first-order valence-corrected chi connectivity index (χ1v) is 10.7. The average Bonchev–Trinajstić information content (AvgIpc) is 3.57. The molecule has 7 heteroatoms. The number of ether oxygens (including phenoxy) is 1. The van der Waals surface area contributed by atoms with Gasteiger partial charge in [0.05, 0.1) is 5.56 Å². The standard InChI is InChI=1S/C24H27FN2O4/c25-24(16-26-21-14-20(21)17-6-2-1-3-7-17)10-12-27(13-11-24)23(30)31-15-18-8-4-5-9-19(18)22(28)29/h1-9,20-21,26H,10-16H2,(H,28,29)/t20-,21+/m0/s1. The Hall–Kier alpha value is -2.93. The first-order chi connectivity index (χ1) is 15.0. The first kappa shape index (κ1) is 21.3. The molecular weight excluding hydrogens is 399 g/mol. The summed E-state index contributed by atoms with van der Waals surface area (Å²) in [5.74, 6) is -0.613. The molecule has 4 rings (SSSR count). The molecule has 2 aliphatic rings. The SMILES string of the molecule is O=C(O)c1ccccc1COC(=O)N1CCC(F)(CN[C@@H]2C[C@H]2c2ccccc2)CC1. The van der Waals surface area contributed by atoms with Gasteiger partial charge in [0, 0.05) is 50.0 Å². The number of carbonyl (C=O) groups is 2. The van der Waals surface area contributed by atoms with Crippen molar-refractivity contribution in [2.24, 2.45) is 0 Å². The first-order valence-electron chi connectivity index (χ1n) is 10.7. The number of amides is 1. The van der Waals surface area contributed by atoms with Crippen molar-refractivity contribution in [3.8, 4) is 0 Å². The van der Waals surface area contributed by atoms with Crippen molar-refractivity contribution >= 4 is 12.1 Å². The second-order valence-corrected chi connectivity index (χ2v) is 8.40. The van der Waals surface area contributed by atoms with Gasteiger partial charge in [0.15, 0.2) is 0 Å². The molecule has 2 aromatic rings. The molecule has 0 aromatic heterocycles. The Labute approximate surface area is 181 Å². The Bertz CT molecular complexity index is 928. The van der Waals surface area contributed by atoms with Gasteiger partial charge in [0.25, 0.3) is 0 Å². The van der Waals surface area contributed by atoms with E-state index >= 15 is 4.39 Å². The van der Waals surface area contributed by atoms with Crippen LogP contribution < -0.4 is 5.32 Å². The summed E-state index contributed by atoms with van der Waals surface area (Å²) < 4.78 is 20.5. The molecule has 1 amide bonds. The highest BCUT2D eigenvalue weighted by Gasteiger charge is 2.42. The Balaban J connectivity index is 1.21. The van der Waals surface area contributed by atoms with Crippen LogP contribution in [0, 0.1) is 0 Å². The van der Waals surface area contributed by atoms with Gasteiger partial charge in [-0.15, -0.1) is 0 Å². The lowest BCUT2D eigenvalue weighted by molar-refractivity contribution is 0.0403. The molecule has 0 radical (unpaired) electrons. The van der Waals surface area contributed by atoms with Crippen LogP contribution in [0.1, 0.15) is 46.7 Å². The largest absolute Gasteiger partial charge is 0.478 e. The molecule has 2 atom stereocenters. The molecule has 164 valence electrons. The predicted molar refractivity (Wildman–Crippen MR) is 114 cm³/mol. The predicted octanol–water partition coefficient (Wildman–Crippen LogP) is 3.97. The summed E-state index contributed by atoms with van der Waals surface area (Å²) in [4.78, 5) is 25.1. The molecule has 0 spiro atoms. The molecule has 1 heterocycles. The third-order valence-electron chi connectivity index (χ3n) is 6.22. The summed E-state index contributed by atoms with van der Waals surface area (Å²) in [7, 11) is 0. The van der Waals surface area contributed by atoms with Crippen molar-refractivity contribution in [3.63, 3.8) is 0 Å². The number of alkyl halides is 1. The van der Waals surface area contributed by atoms with Crippen LogP contribution in [0.4, 0.5) is 9.18 Å². The van der Waals surface area contributed by atoms with Crippen molar-refractivity contribution in [1.29, 1.82) is 0 Å². The number of hydrogen-bond acceptors (Lipinski definition) is 4. The normalized spacial score (nSPS) is 22.0. The van der Waals surface area contributed by atoms with E-state index < -0.39 is 17.7 Å². The fraction of sp³-hybridized carbons (Fsp3) is 0.417. The zero-order chi connectivity index (χ0) is 21.8. The van der Waals surface area contributed by atoms with Crippen LogP contribution in [0.2, 0.25) is 0 Å². The quantitative estimate of drug-likeness (QED) is 0.700. The number of carboxylic acid groups (broad SMARTS) is 1. The van der Waals surface area contributed by atoms with Gasteiger partial charge in [-0.1, -0.05) is 48.5 Å². The van der Waals surface area contributed by atoms with E-state index in [1.54, 1.807) is 18.2 Å². The Morgan fingerprint density at radius 1 is 1.10 bits per heavy atom. The van der Waals surface area contributed by atoms with Crippen LogP contribution in [0.5, 0.6) is 0 Å². The minimum absolute atomic E-state index is 0.108. The maximum absolute atomic E-state index is 15.2. The summed E-state index contributed by atoms with van der Waals surface area (Å²) in [6, 6.07) is 17.0. The highest BCUT2D eigenvalue weighted by molar-refractivity contribution is 5.89. The van der Waals surface area contributed by atoms with Crippen LogP contribution in [-0.2, 0) is 11.3 Å². The number of hydrogen-bond donors (Lipinski definition) is 2. The molecule has 0 unspecified atom stereocenters. The maximum atomic E-state index is 15.2. The molecule has 2 fully saturated rings. The lowest BCUT2D eigenvalue weighted by Gasteiger charge is -2.36. The topological polar surface area (TPSA) is 78.9 Å². The molecule has 1 aliphatic carbocycles. The number of likely N-dealkylation sites (tertiary alicyclic amines) is 1. The van der Waals surface area contributed by atoms with E-state index in [9.17, 15) is 14.7 Å². The average molecular weight is 426 g/mol. The Morgan fingerprint density at radius 3 is 2.48 bits per heavy atom. The van der Waals surface area contributed by atoms with Crippen molar-refractivity contribution in [2.75, 3.05) is 19.6 Å². The lowest BCUT2D eigenvalue weighted by Crippen LogP contribution is -2.49. The summed E-state index contributed by atoms with van der Waals surface area (Å²) >= 11 is 0. The summed E-state index contributed by atoms with van der Waals surface area (Å²) in [6.07, 6.45) is 0.991. The van der Waals surface area contributed by atoms with Gasteiger partial charge in [-0.05, 0) is 18.1 Å². The van der Waals surface area contributed by atoms with E-state index in [0.717, 1.165) is 6.42 Å². The van der Waals surface area contributed by atoms with Gasteiger partial charge in [-0.25, -0.2) is 14.0 Å². The van der Waals surface area contributed by atoms with E-state index in [0.29, 0.717) is 17.5 Å². The highest BCUT2D eigenvalue weighted by Crippen LogP contribution is 2.41. The fourth-order valence-corrected chi connectivity index (χ4v) is 4.16. The summed E-state index contributed by atoms with van der Waals surface area (Å²) in [6.45, 7) is 0.729. The minimum Gasteiger partial charge on any atom is -0.478 e. The molecule has 1 aliphatic heterocycles. The molecule has 2 N–H and O–H groups in total. The fourth-order valence-electron chi connectivity index (χ4n) is 4.16. The van der Waals surface area contributed by atoms with Gasteiger partial charge in [0.1, 0.15) is 12.3 Å².